The molecule has 0 bridgehead atoms. The second kappa shape index (κ2) is 5.66. The Morgan fingerprint density at radius 2 is 2.30 bits per heavy atom. The number of rotatable bonds is 3. The van der Waals surface area contributed by atoms with E-state index >= 15 is 0 Å². The SMILES string of the molecule is O=C(c1csc(C(F)(F)F)n1)N1CCCC1C(O)CO. The molecule has 0 aromatic carbocycles. The van der Waals surface area contributed by atoms with Gasteiger partial charge in [0.2, 0.25) is 0 Å². The normalized spacial score (nSPS) is 21.2. The number of aliphatic hydroxyl groups excluding tert-OH is 2. The number of hydrogen-bond donors (Lipinski definition) is 2. The van der Waals surface area contributed by atoms with Gasteiger partial charge >= 0.3 is 6.18 Å². The van der Waals surface area contributed by atoms with Crippen LogP contribution in [0.5, 0.6) is 0 Å². The van der Waals surface area contributed by atoms with Crippen molar-refractivity contribution in [2.45, 2.75) is 31.2 Å². The number of likely N-dealkylation sites (tertiary alicyclic amines) is 1. The Morgan fingerprint density at radius 1 is 1.60 bits per heavy atom. The van der Waals surface area contributed by atoms with Crippen LogP contribution in [0.25, 0.3) is 0 Å². The van der Waals surface area contributed by atoms with E-state index < -0.39 is 35.8 Å². The predicted molar refractivity (Wildman–Crippen MR) is 64.3 cm³/mol. The number of thiazole rings is 1. The molecule has 1 aromatic rings. The molecule has 20 heavy (non-hydrogen) atoms. The van der Waals surface area contributed by atoms with Crippen molar-refractivity contribution in [3.8, 4) is 0 Å². The average molecular weight is 310 g/mol. The van der Waals surface area contributed by atoms with Gasteiger partial charge < -0.3 is 15.1 Å². The van der Waals surface area contributed by atoms with Crippen LogP contribution in [0.3, 0.4) is 0 Å². The monoisotopic (exact) mass is 310 g/mol. The van der Waals surface area contributed by atoms with Gasteiger partial charge in [-0.1, -0.05) is 0 Å². The van der Waals surface area contributed by atoms with E-state index in [0.29, 0.717) is 30.7 Å². The van der Waals surface area contributed by atoms with E-state index in [1.54, 1.807) is 0 Å². The summed E-state index contributed by atoms with van der Waals surface area (Å²) in [6.07, 6.45) is -4.53. The number of aromatic nitrogens is 1. The molecule has 0 aliphatic carbocycles. The van der Waals surface area contributed by atoms with Crippen LogP contribution in [0.4, 0.5) is 13.2 Å². The van der Waals surface area contributed by atoms with Crippen LogP contribution >= 0.6 is 11.3 Å². The maximum atomic E-state index is 12.5. The van der Waals surface area contributed by atoms with E-state index in [4.69, 9.17) is 5.11 Å². The fraction of sp³-hybridized carbons (Fsp3) is 0.636. The molecular weight excluding hydrogens is 297 g/mol. The first-order chi connectivity index (χ1) is 9.34. The highest BCUT2D eigenvalue weighted by molar-refractivity contribution is 7.09. The molecule has 1 saturated heterocycles. The summed E-state index contributed by atoms with van der Waals surface area (Å²) < 4.78 is 37.4. The third-order valence-electron chi connectivity index (χ3n) is 3.16. The van der Waals surface area contributed by atoms with E-state index in [1.165, 1.54) is 4.90 Å². The van der Waals surface area contributed by atoms with Crippen molar-refractivity contribution >= 4 is 17.2 Å². The molecular formula is C11H13F3N2O3S. The molecule has 2 unspecified atom stereocenters. The van der Waals surface area contributed by atoms with E-state index in [2.05, 4.69) is 4.98 Å². The number of carbonyl (C=O) groups is 1. The quantitative estimate of drug-likeness (QED) is 0.877. The van der Waals surface area contributed by atoms with Crippen molar-refractivity contribution < 1.29 is 28.2 Å². The van der Waals surface area contributed by atoms with Gasteiger partial charge in [0.1, 0.15) is 5.69 Å². The molecule has 0 saturated carbocycles. The molecule has 1 aliphatic heterocycles. The van der Waals surface area contributed by atoms with Crippen LogP contribution in [0.1, 0.15) is 28.3 Å². The molecule has 0 spiro atoms. The van der Waals surface area contributed by atoms with Crippen molar-refractivity contribution in [1.82, 2.24) is 9.88 Å². The van der Waals surface area contributed by atoms with Crippen LogP contribution in [0.2, 0.25) is 0 Å². The lowest BCUT2D eigenvalue weighted by Gasteiger charge is -2.27. The lowest BCUT2D eigenvalue weighted by Crippen LogP contribution is -2.44. The Morgan fingerprint density at radius 3 is 2.85 bits per heavy atom. The Kier molecular flexibility index (Phi) is 4.31. The lowest BCUT2D eigenvalue weighted by molar-refractivity contribution is -0.137. The first kappa shape index (κ1) is 15.2. The fourth-order valence-electron chi connectivity index (χ4n) is 2.22. The minimum absolute atomic E-state index is 0.278. The zero-order valence-corrected chi connectivity index (χ0v) is 11.1. The fourth-order valence-corrected chi connectivity index (χ4v) is 2.88. The van der Waals surface area contributed by atoms with Crippen LogP contribution in [0, 0.1) is 0 Å². The van der Waals surface area contributed by atoms with Crippen molar-refractivity contribution in [2.75, 3.05) is 13.2 Å². The van der Waals surface area contributed by atoms with Gasteiger partial charge in [-0.2, -0.15) is 13.2 Å². The summed E-state index contributed by atoms with van der Waals surface area (Å²) in [5.74, 6) is -0.647. The second-order valence-electron chi connectivity index (χ2n) is 4.49. The lowest BCUT2D eigenvalue weighted by atomic mass is 10.1. The molecule has 1 aromatic heterocycles. The molecule has 0 radical (unpaired) electrons. The van der Waals surface area contributed by atoms with Crippen LogP contribution < -0.4 is 0 Å². The molecule has 2 N–H and O–H groups in total. The Bertz CT molecular complexity index is 492. The zero-order valence-electron chi connectivity index (χ0n) is 10.3. The predicted octanol–water partition coefficient (Wildman–Crippen LogP) is 1.12. The van der Waals surface area contributed by atoms with E-state index in [1.807, 2.05) is 0 Å². The van der Waals surface area contributed by atoms with Gasteiger partial charge in [0, 0.05) is 11.9 Å². The standard InChI is InChI=1S/C11H13F3N2O3S/c12-11(13,14)10-15-6(5-20-10)9(19)16-3-1-2-7(16)8(18)4-17/h5,7-8,17-18H,1-4H2. The van der Waals surface area contributed by atoms with E-state index in [-0.39, 0.29) is 5.69 Å². The number of halogens is 3. The summed E-state index contributed by atoms with van der Waals surface area (Å²) >= 11 is 0.363. The molecule has 5 nitrogen and oxygen atoms in total. The third kappa shape index (κ3) is 2.94. The van der Waals surface area contributed by atoms with Gasteiger partial charge in [0.25, 0.3) is 5.91 Å². The van der Waals surface area contributed by atoms with Crippen molar-refractivity contribution in [1.29, 1.82) is 0 Å². The minimum atomic E-state index is -4.57. The zero-order chi connectivity index (χ0) is 14.9. The van der Waals surface area contributed by atoms with Crippen molar-refractivity contribution in [2.24, 2.45) is 0 Å². The number of nitrogens with zero attached hydrogens (tertiary/aromatic N) is 2. The maximum absolute atomic E-state index is 12.5. The van der Waals surface area contributed by atoms with Crippen molar-refractivity contribution in [3.05, 3.63) is 16.1 Å². The molecule has 112 valence electrons. The first-order valence-corrected chi connectivity index (χ1v) is 6.85. The van der Waals surface area contributed by atoms with Crippen LogP contribution in [0.15, 0.2) is 5.38 Å². The van der Waals surface area contributed by atoms with Gasteiger partial charge in [0.05, 0.1) is 18.8 Å². The highest BCUT2D eigenvalue weighted by Gasteiger charge is 2.38. The largest absolute Gasteiger partial charge is 0.443 e. The van der Waals surface area contributed by atoms with Crippen molar-refractivity contribution in [3.63, 3.8) is 0 Å². The summed E-state index contributed by atoms with van der Waals surface area (Å²) in [5, 5.41) is 18.5. The number of hydrogen-bond acceptors (Lipinski definition) is 5. The van der Waals surface area contributed by atoms with E-state index in [9.17, 15) is 23.1 Å². The maximum Gasteiger partial charge on any atom is 0.443 e. The number of alkyl halides is 3. The minimum Gasteiger partial charge on any atom is -0.394 e. The second-order valence-corrected chi connectivity index (χ2v) is 5.35. The summed E-state index contributed by atoms with van der Waals surface area (Å²) in [6.45, 7) is -0.168. The number of carbonyl (C=O) groups excluding carboxylic acids is 1. The summed E-state index contributed by atoms with van der Waals surface area (Å²) in [7, 11) is 0. The van der Waals surface area contributed by atoms with Crippen LogP contribution in [-0.2, 0) is 6.18 Å². The topological polar surface area (TPSA) is 73.7 Å². The smallest absolute Gasteiger partial charge is 0.394 e. The average Bonchev–Trinajstić information content (AvgIpc) is 3.04. The molecule has 1 amide bonds. The van der Waals surface area contributed by atoms with Gasteiger partial charge in [0.15, 0.2) is 5.01 Å². The number of amides is 1. The molecule has 2 heterocycles. The van der Waals surface area contributed by atoms with Gasteiger partial charge in [-0.25, -0.2) is 4.98 Å². The third-order valence-corrected chi connectivity index (χ3v) is 4.04. The molecule has 2 atom stereocenters. The first-order valence-electron chi connectivity index (χ1n) is 5.97. The molecule has 1 aliphatic rings. The Labute approximate surface area is 116 Å². The van der Waals surface area contributed by atoms with Gasteiger partial charge in [-0.3, -0.25) is 4.79 Å². The Balaban J connectivity index is 2.16. The highest BCUT2D eigenvalue weighted by Crippen LogP contribution is 2.32. The summed E-state index contributed by atoms with van der Waals surface area (Å²) in [4.78, 5) is 16.7. The van der Waals surface area contributed by atoms with Crippen LogP contribution in [-0.4, -0.2) is 51.3 Å². The summed E-state index contributed by atoms with van der Waals surface area (Å²) in [5.41, 5.74) is -0.278. The van der Waals surface area contributed by atoms with E-state index in [0.717, 1.165) is 5.38 Å². The Hall–Kier alpha value is -1.19. The summed E-state index contributed by atoms with van der Waals surface area (Å²) in [6, 6.07) is -0.580. The molecule has 2 rings (SSSR count). The number of aliphatic hydroxyl groups is 2. The highest BCUT2D eigenvalue weighted by atomic mass is 32.1. The van der Waals surface area contributed by atoms with Gasteiger partial charge in [-0.15, -0.1) is 11.3 Å². The van der Waals surface area contributed by atoms with Gasteiger partial charge in [-0.05, 0) is 12.8 Å². The molecule has 9 heteroatoms. The molecule has 1 fully saturated rings.